The lowest BCUT2D eigenvalue weighted by atomic mass is 10.2. The van der Waals surface area contributed by atoms with Crippen molar-refractivity contribution >= 4 is 5.69 Å². The minimum absolute atomic E-state index is 0.225. The Bertz CT molecular complexity index is 305. The first-order valence-electron chi connectivity index (χ1n) is 4.18. The van der Waals surface area contributed by atoms with Crippen LogP contribution in [-0.2, 0) is 0 Å². The quantitative estimate of drug-likeness (QED) is 0.552. The van der Waals surface area contributed by atoms with E-state index in [0.717, 1.165) is 5.56 Å². The lowest BCUT2D eigenvalue weighted by Crippen LogP contribution is -2.04. The fourth-order valence-corrected chi connectivity index (χ4v) is 1.12. The van der Waals surface area contributed by atoms with Crippen LogP contribution in [0.4, 0.5) is 10.1 Å². The molecule has 0 spiro atoms. The van der Waals surface area contributed by atoms with Crippen molar-refractivity contribution in [2.45, 2.75) is 13.3 Å². The number of terminal acetylenes is 1. The van der Waals surface area contributed by atoms with E-state index in [1.54, 1.807) is 6.07 Å². The highest BCUT2D eigenvalue weighted by Crippen LogP contribution is 2.18. The number of aryl methyl sites for hydroxylation is 1. The smallest absolute Gasteiger partial charge is 0.146 e. The number of halogens is 1. The molecule has 1 nitrogen and oxygen atoms in total. The van der Waals surface area contributed by atoms with Crippen LogP contribution in [0.2, 0.25) is 0 Å². The molecule has 0 heterocycles. The van der Waals surface area contributed by atoms with Crippen LogP contribution in [0.25, 0.3) is 0 Å². The van der Waals surface area contributed by atoms with Crippen LogP contribution < -0.4 is 5.32 Å². The van der Waals surface area contributed by atoms with E-state index in [0.29, 0.717) is 18.7 Å². The van der Waals surface area contributed by atoms with Crippen LogP contribution in [-0.4, -0.2) is 6.54 Å². The molecule has 2 heteroatoms. The van der Waals surface area contributed by atoms with Gasteiger partial charge in [-0.15, -0.1) is 12.3 Å². The van der Waals surface area contributed by atoms with E-state index in [1.807, 2.05) is 13.0 Å². The first-order valence-corrected chi connectivity index (χ1v) is 4.18. The maximum Gasteiger partial charge on any atom is 0.146 e. The van der Waals surface area contributed by atoms with Crippen molar-refractivity contribution in [1.82, 2.24) is 0 Å². The summed E-state index contributed by atoms with van der Waals surface area (Å²) in [6, 6.07) is 4.99. The van der Waals surface area contributed by atoms with Gasteiger partial charge in [-0.1, -0.05) is 12.1 Å². The number of nitrogens with one attached hydrogen (secondary N) is 1. The van der Waals surface area contributed by atoms with Crippen molar-refractivity contribution in [2.24, 2.45) is 0 Å². The molecule has 0 aliphatic carbocycles. The molecule has 1 N–H and O–H groups in total. The third kappa shape index (κ3) is 2.48. The van der Waals surface area contributed by atoms with Gasteiger partial charge >= 0.3 is 0 Å². The Hall–Kier alpha value is -1.49. The van der Waals surface area contributed by atoms with E-state index in [4.69, 9.17) is 6.42 Å². The summed E-state index contributed by atoms with van der Waals surface area (Å²) in [6.45, 7) is 2.47. The highest BCUT2D eigenvalue weighted by atomic mass is 19.1. The molecule has 13 heavy (non-hydrogen) atoms. The Morgan fingerprint density at radius 1 is 1.54 bits per heavy atom. The summed E-state index contributed by atoms with van der Waals surface area (Å²) in [6.07, 6.45) is 5.69. The van der Waals surface area contributed by atoms with Gasteiger partial charge in [0.15, 0.2) is 0 Å². The molecule has 0 saturated carbocycles. The molecule has 68 valence electrons. The number of benzene rings is 1. The zero-order valence-corrected chi connectivity index (χ0v) is 7.60. The van der Waals surface area contributed by atoms with Gasteiger partial charge < -0.3 is 5.32 Å². The van der Waals surface area contributed by atoms with Gasteiger partial charge in [-0.3, -0.25) is 0 Å². The third-order valence-electron chi connectivity index (χ3n) is 1.79. The van der Waals surface area contributed by atoms with Crippen molar-refractivity contribution in [3.05, 3.63) is 29.6 Å². The first kappa shape index (κ1) is 9.60. The molecule has 1 aromatic rings. The molecule has 0 aliphatic rings. The lowest BCUT2D eigenvalue weighted by molar-refractivity contribution is 0.629. The van der Waals surface area contributed by atoms with E-state index in [2.05, 4.69) is 11.2 Å². The second kappa shape index (κ2) is 4.51. The maximum atomic E-state index is 13.2. The van der Waals surface area contributed by atoms with Crippen molar-refractivity contribution in [3.63, 3.8) is 0 Å². The monoisotopic (exact) mass is 177 g/mol. The first-order chi connectivity index (χ1) is 6.25. The van der Waals surface area contributed by atoms with Gasteiger partial charge in [0.1, 0.15) is 5.82 Å². The van der Waals surface area contributed by atoms with Gasteiger partial charge in [0.25, 0.3) is 0 Å². The predicted octanol–water partition coefficient (Wildman–Crippen LogP) is 2.57. The Kier molecular flexibility index (Phi) is 3.33. The maximum absolute atomic E-state index is 13.2. The van der Waals surface area contributed by atoms with Gasteiger partial charge in [-0.05, 0) is 18.6 Å². The van der Waals surface area contributed by atoms with Crippen LogP contribution >= 0.6 is 0 Å². The van der Waals surface area contributed by atoms with Crippen molar-refractivity contribution in [3.8, 4) is 12.3 Å². The van der Waals surface area contributed by atoms with Gasteiger partial charge in [-0.2, -0.15) is 0 Å². The van der Waals surface area contributed by atoms with E-state index < -0.39 is 0 Å². The minimum atomic E-state index is -0.225. The zero-order chi connectivity index (χ0) is 9.68. The highest BCUT2D eigenvalue weighted by Gasteiger charge is 2.02. The number of hydrogen-bond acceptors (Lipinski definition) is 1. The Morgan fingerprint density at radius 2 is 2.31 bits per heavy atom. The molecular weight excluding hydrogens is 165 g/mol. The zero-order valence-electron chi connectivity index (χ0n) is 7.60. The second-order valence-electron chi connectivity index (χ2n) is 2.81. The summed E-state index contributed by atoms with van der Waals surface area (Å²) < 4.78 is 13.2. The average Bonchev–Trinajstić information content (AvgIpc) is 2.10. The molecule has 0 aliphatic heterocycles. The summed E-state index contributed by atoms with van der Waals surface area (Å²) >= 11 is 0. The second-order valence-corrected chi connectivity index (χ2v) is 2.81. The van der Waals surface area contributed by atoms with Crippen LogP contribution in [0.1, 0.15) is 12.0 Å². The summed E-state index contributed by atoms with van der Waals surface area (Å²) in [5.74, 6) is 2.27. The SMILES string of the molecule is C#CCCNc1c(C)cccc1F. The van der Waals surface area contributed by atoms with Gasteiger partial charge in [0.05, 0.1) is 5.69 Å². The normalized spacial score (nSPS) is 9.31. The molecule has 1 rings (SSSR count). The minimum Gasteiger partial charge on any atom is -0.382 e. The predicted molar refractivity (Wildman–Crippen MR) is 53.1 cm³/mol. The van der Waals surface area contributed by atoms with Crippen LogP contribution in [0.3, 0.4) is 0 Å². The molecule has 0 aromatic heterocycles. The summed E-state index contributed by atoms with van der Waals surface area (Å²) in [5.41, 5.74) is 1.45. The van der Waals surface area contributed by atoms with Crippen LogP contribution in [0.15, 0.2) is 18.2 Å². The lowest BCUT2D eigenvalue weighted by Gasteiger charge is -2.08. The van der Waals surface area contributed by atoms with E-state index in [9.17, 15) is 4.39 Å². The Balaban J connectivity index is 2.71. The standard InChI is InChI=1S/C11H12FN/c1-3-4-8-13-11-9(2)6-5-7-10(11)12/h1,5-7,13H,4,8H2,2H3. The number of para-hydroxylation sites is 1. The molecule has 0 unspecified atom stereocenters. The molecule has 0 amide bonds. The third-order valence-corrected chi connectivity index (χ3v) is 1.79. The van der Waals surface area contributed by atoms with E-state index >= 15 is 0 Å². The van der Waals surface area contributed by atoms with Crippen molar-refractivity contribution in [2.75, 3.05) is 11.9 Å². The Morgan fingerprint density at radius 3 is 2.92 bits per heavy atom. The van der Waals surface area contributed by atoms with Crippen LogP contribution in [0.5, 0.6) is 0 Å². The van der Waals surface area contributed by atoms with Crippen molar-refractivity contribution in [1.29, 1.82) is 0 Å². The average molecular weight is 177 g/mol. The fourth-order valence-electron chi connectivity index (χ4n) is 1.12. The molecule has 0 saturated heterocycles. The molecule has 0 bridgehead atoms. The molecule has 0 radical (unpaired) electrons. The molecular formula is C11H12FN. The summed E-state index contributed by atoms with van der Waals surface area (Å²) in [7, 11) is 0. The number of hydrogen-bond donors (Lipinski definition) is 1. The Labute approximate surface area is 78.0 Å². The van der Waals surface area contributed by atoms with Crippen LogP contribution in [0, 0.1) is 25.1 Å². The topological polar surface area (TPSA) is 12.0 Å². The molecule has 0 fully saturated rings. The summed E-state index contributed by atoms with van der Waals surface area (Å²) in [5, 5.41) is 2.96. The number of rotatable bonds is 3. The van der Waals surface area contributed by atoms with E-state index in [1.165, 1.54) is 6.07 Å². The van der Waals surface area contributed by atoms with Gasteiger partial charge in [0.2, 0.25) is 0 Å². The van der Waals surface area contributed by atoms with Crippen molar-refractivity contribution < 1.29 is 4.39 Å². The van der Waals surface area contributed by atoms with Gasteiger partial charge in [0, 0.05) is 13.0 Å². The van der Waals surface area contributed by atoms with E-state index in [-0.39, 0.29) is 5.82 Å². The highest BCUT2D eigenvalue weighted by molar-refractivity contribution is 5.51. The van der Waals surface area contributed by atoms with Gasteiger partial charge in [-0.25, -0.2) is 4.39 Å². The molecule has 1 aromatic carbocycles. The largest absolute Gasteiger partial charge is 0.382 e. The summed E-state index contributed by atoms with van der Waals surface area (Å²) in [4.78, 5) is 0. The molecule has 0 atom stereocenters. The fraction of sp³-hybridized carbons (Fsp3) is 0.273. The number of anilines is 1.